The highest BCUT2D eigenvalue weighted by Gasteiger charge is 2.29. The summed E-state index contributed by atoms with van der Waals surface area (Å²) < 4.78 is 0. The van der Waals surface area contributed by atoms with Crippen molar-refractivity contribution in [3.05, 3.63) is 52.2 Å². The fraction of sp³-hybridized carbons (Fsp3) is 0.333. The van der Waals surface area contributed by atoms with Gasteiger partial charge in [0.15, 0.2) is 0 Å². The van der Waals surface area contributed by atoms with Gasteiger partial charge in [0, 0.05) is 37.4 Å². The number of hydroxylamine groups is 1. The van der Waals surface area contributed by atoms with Gasteiger partial charge in [-0.25, -0.2) is 10.3 Å². The molecule has 0 aliphatic carbocycles. The first-order valence-corrected chi connectivity index (χ1v) is 10.4. The average Bonchev–Trinajstić information content (AvgIpc) is 3.29. The van der Waals surface area contributed by atoms with Crippen LogP contribution in [0.25, 0.3) is 0 Å². The predicted molar refractivity (Wildman–Crippen MR) is 114 cm³/mol. The molecule has 2 aromatic rings. The van der Waals surface area contributed by atoms with Gasteiger partial charge in [-0.05, 0) is 42.6 Å². The van der Waals surface area contributed by atoms with E-state index in [1.165, 1.54) is 12.4 Å². The fourth-order valence-corrected chi connectivity index (χ4v) is 3.68. The Kier molecular flexibility index (Phi) is 7.30. The molecule has 4 N–H and O–H groups in total. The van der Waals surface area contributed by atoms with Crippen LogP contribution in [0.3, 0.4) is 0 Å². The van der Waals surface area contributed by atoms with Crippen LogP contribution < -0.4 is 15.7 Å². The SMILES string of the molecule is C[C@@H](O)[C@@H](NC(=O)N1CCN(c2ccc(C#Cc3cccs3)cc2)CC1)C(=O)NO. The van der Waals surface area contributed by atoms with Crippen LogP contribution in [-0.4, -0.2) is 65.5 Å². The lowest BCUT2D eigenvalue weighted by Crippen LogP contribution is -2.58. The van der Waals surface area contributed by atoms with Gasteiger partial charge in [0.05, 0.1) is 11.0 Å². The van der Waals surface area contributed by atoms with Crippen molar-refractivity contribution in [2.45, 2.75) is 19.1 Å². The Hall–Kier alpha value is -3.06. The molecule has 1 aliphatic heterocycles. The van der Waals surface area contributed by atoms with Gasteiger partial charge in [-0.15, -0.1) is 11.3 Å². The summed E-state index contributed by atoms with van der Waals surface area (Å²) in [6.07, 6.45) is -1.14. The minimum Gasteiger partial charge on any atom is -0.391 e. The molecular formula is C21H24N4O4S. The first-order chi connectivity index (χ1) is 14.5. The molecule has 8 nitrogen and oxygen atoms in total. The van der Waals surface area contributed by atoms with Crippen LogP contribution >= 0.6 is 11.3 Å². The van der Waals surface area contributed by atoms with Crippen molar-refractivity contribution in [1.82, 2.24) is 15.7 Å². The highest BCUT2D eigenvalue weighted by atomic mass is 32.1. The molecule has 0 unspecified atom stereocenters. The van der Waals surface area contributed by atoms with Crippen LogP contribution in [0.15, 0.2) is 41.8 Å². The molecule has 0 saturated carbocycles. The van der Waals surface area contributed by atoms with E-state index in [-0.39, 0.29) is 0 Å². The van der Waals surface area contributed by atoms with Gasteiger partial charge in [0.25, 0.3) is 5.91 Å². The van der Waals surface area contributed by atoms with Crippen LogP contribution in [0.4, 0.5) is 10.5 Å². The maximum absolute atomic E-state index is 12.4. The van der Waals surface area contributed by atoms with E-state index in [1.807, 2.05) is 41.8 Å². The number of anilines is 1. The lowest BCUT2D eigenvalue weighted by molar-refractivity contribution is -0.133. The molecule has 1 saturated heterocycles. The number of urea groups is 1. The number of carbonyl (C=O) groups excluding carboxylic acids is 2. The van der Waals surface area contributed by atoms with Crippen molar-refractivity contribution in [3.8, 4) is 11.8 Å². The van der Waals surface area contributed by atoms with E-state index in [9.17, 15) is 14.7 Å². The monoisotopic (exact) mass is 428 g/mol. The number of hydrogen-bond acceptors (Lipinski definition) is 6. The second-order valence-corrected chi connectivity index (χ2v) is 7.84. The minimum atomic E-state index is -1.22. The lowest BCUT2D eigenvalue weighted by Gasteiger charge is -2.36. The summed E-state index contributed by atoms with van der Waals surface area (Å²) in [7, 11) is 0. The van der Waals surface area contributed by atoms with Crippen LogP contribution in [0.1, 0.15) is 17.4 Å². The van der Waals surface area contributed by atoms with Gasteiger partial charge in [-0.3, -0.25) is 10.0 Å². The van der Waals surface area contributed by atoms with Crippen molar-refractivity contribution in [1.29, 1.82) is 0 Å². The molecule has 30 heavy (non-hydrogen) atoms. The molecule has 1 aromatic carbocycles. The van der Waals surface area contributed by atoms with Crippen LogP contribution in [0, 0.1) is 11.8 Å². The molecule has 1 aromatic heterocycles. The van der Waals surface area contributed by atoms with Crippen LogP contribution in [-0.2, 0) is 4.79 Å². The minimum absolute atomic E-state index is 0.455. The molecule has 0 radical (unpaired) electrons. The Labute approximate surface area is 179 Å². The van der Waals surface area contributed by atoms with Crippen LogP contribution in [0.5, 0.6) is 0 Å². The topological polar surface area (TPSA) is 105 Å². The third-order valence-corrected chi connectivity index (χ3v) is 5.59. The molecule has 0 spiro atoms. The van der Waals surface area contributed by atoms with Gasteiger partial charge >= 0.3 is 6.03 Å². The third-order valence-electron chi connectivity index (χ3n) is 4.80. The number of thiophene rings is 1. The van der Waals surface area contributed by atoms with Gasteiger partial charge in [-0.2, -0.15) is 0 Å². The molecule has 3 amide bonds. The van der Waals surface area contributed by atoms with E-state index in [1.54, 1.807) is 16.2 Å². The van der Waals surface area contributed by atoms with E-state index < -0.39 is 24.1 Å². The first-order valence-electron chi connectivity index (χ1n) is 9.56. The van der Waals surface area contributed by atoms with E-state index in [0.717, 1.165) is 16.1 Å². The molecule has 2 atom stereocenters. The number of aliphatic hydroxyl groups excluding tert-OH is 1. The van der Waals surface area contributed by atoms with E-state index in [2.05, 4.69) is 22.1 Å². The van der Waals surface area contributed by atoms with Crippen molar-refractivity contribution in [3.63, 3.8) is 0 Å². The molecule has 9 heteroatoms. The Morgan fingerprint density at radius 2 is 1.80 bits per heavy atom. The number of amides is 3. The summed E-state index contributed by atoms with van der Waals surface area (Å²) in [6, 6.07) is 10.3. The number of rotatable bonds is 4. The zero-order valence-electron chi connectivity index (χ0n) is 16.5. The van der Waals surface area contributed by atoms with Gasteiger partial charge in [0.1, 0.15) is 6.04 Å². The summed E-state index contributed by atoms with van der Waals surface area (Å²) in [5, 5.41) is 22.8. The van der Waals surface area contributed by atoms with E-state index in [0.29, 0.717) is 26.2 Å². The molecule has 158 valence electrons. The third kappa shape index (κ3) is 5.51. The maximum Gasteiger partial charge on any atom is 0.318 e. The summed E-state index contributed by atoms with van der Waals surface area (Å²) in [5.41, 5.74) is 3.45. The number of carbonyl (C=O) groups is 2. The Morgan fingerprint density at radius 3 is 2.37 bits per heavy atom. The average molecular weight is 429 g/mol. The quantitative estimate of drug-likeness (QED) is 0.333. The van der Waals surface area contributed by atoms with Crippen molar-refractivity contribution >= 4 is 29.0 Å². The van der Waals surface area contributed by atoms with Crippen molar-refractivity contribution in [2.24, 2.45) is 0 Å². The Bertz CT molecular complexity index is 911. The highest BCUT2D eigenvalue weighted by molar-refractivity contribution is 7.10. The number of nitrogens with zero attached hydrogens (tertiary/aromatic N) is 2. The van der Waals surface area contributed by atoms with E-state index >= 15 is 0 Å². The molecule has 3 rings (SSSR count). The van der Waals surface area contributed by atoms with Crippen molar-refractivity contribution in [2.75, 3.05) is 31.1 Å². The molecule has 1 fully saturated rings. The summed E-state index contributed by atoms with van der Waals surface area (Å²) in [4.78, 5) is 28.8. The zero-order chi connectivity index (χ0) is 21.5. The van der Waals surface area contributed by atoms with Gasteiger partial charge < -0.3 is 20.2 Å². The van der Waals surface area contributed by atoms with Gasteiger partial charge in [0.2, 0.25) is 0 Å². The Morgan fingerprint density at radius 1 is 1.10 bits per heavy atom. The lowest BCUT2D eigenvalue weighted by atomic mass is 10.1. The number of nitrogens with one attached hydrogen (secondary N) is 2. The molecule has 0 bridgehead atoms. The summed E-state index contributed by atoms with van der Waals surface area (Å²) >= 11 is 1.61. The zero-order valence-corrected chi connectivity index (χ0v) is 17.4. The number of aliphatic hydroxyl groups is 1. The Balaban J connectivity index is 1.53. The highest BCUT2D eigenvalue weighted by Crippen LogP contribution is 2.17. The standard InChI is InChI=1S/C21H24N4O4S/c1-15(26)19(20(27)23-29)22-21(28)25-12-10-24(11-13-25)17-7-4-16(5-8-17)6-9-18-3-2-14-30-18/h2-5,7-8,14-15,19,26,29H,10-13H2,1H3,(H,22,28)(H,23,27)/t15-,19-/m1/s1. The fourth-order valence-electron chi connectivity index (χ4n) is 3.11. The molecule has 2 heterocycles. The second-order valence-electron chi connectivity index (χ2n) is 6.89. The first kappa shape index (κ1) is 21.6. The normalized spacial score (nSPS) is 15.6. The number of hydrogen-bond donors (Lipinski definition) is 4. The molecular weight excluding hydrogens is 404 g/mol. The maximum atomic E-state index is 12.4. The summed E-state index contributed by atoms with van der Waals surface area (Å²) in [5.74, 6) is 5.42. The van der Waals surface area contributed by atoms with Gasteiger partial charge in [-0.1, -0.05) is 17.9 Å². The number of benzene rings is 1. The van der Waals surface area contributed by atoms with Crippen molar-refractivity contribution < 1.29 is 19.9 Å². The molecule has 1 aliphatic rings. The second kappa shape index (κ2) is 10.1. The predicted octanol–water partition coefficient (Wildman–Crippen LogP) is 1.23. The van der Waals surface area contributed by atoms with Crippen LogP contribution in [0.2, 0.25) is 0 Å². The number of piperazine rings is 1. The van der Waals surface area contributed by atoms with E-state index in [4.69, 9.17) is 5.21 Å². The largest absolute Gasteiger partial charge is 0.391 e. The smallest absolute Gasteiger partial charge is 0.318 e. The summed E-state index contributed by atoms with van der Waals surface area (Å²) in [6.45, 7) is 3.59.